The number of para-hydroxylation sites is 1. The van der Waals surface area contributed by atoms with Gasteiger partial charge in [-0.3, -0.25) is 9.80 Å². The van der Waals surface area contributed by atoms with Gasteiger partial charge in [-0.1, -0.05) is 17.7 Å². The molecule has 0 radical (unpaired) electrons. The van der Waals surface area contributed by atoms with Gasteiger partial charge in [0.2, 0.25) is 0 Å². The Morgan fingerprint density at radius 2 is 2.12 bits per heavy atom. The zero-order valence-electron chi connectivity index (χ0n) is 13.0. The zero-order chi connectivity index (χ0) is 18.1. The maximum absolute atomic E-state index is 14.0. The second-order valence-electron chi connectivity index (χ2n) is 5.18. The molecular formula is C16H13ClFN3O4. The number of carbonyl (C=O) groups excluding carboxylic acids is 1. The number of carbonyl (C=O) groups is 2. The number of halogens is 2. The van der Waals surface area contributed by atoms with Crippen LogP contribution in [0.15, 0.2) is 36.4 Å². The highest BCUT2D eigenvalue weighted by Crippen LogP contribution is 2.31. The average molecular weight is 366 g/mol. The van der Waals surface area contributed by atoms with Crippen molar-refractivity contribution in [2.75, 3.05) is 23.7 Å². The average Bonchev–Trinajstić information content (AvgIpc) is 2.95. The number of hydrogen-bond donors (Lipinski definition) is 2. The normalized spacial score (nSPS) is 14.1. The minimum Gasteiger partial charge on any atom is -0.496 e. The number of carboxylic acids is 1. The molecule has 1 aliphatic rings. The summed E-state index contributed by atoms with van der Waals surface area (Å²) >= 11 is 6.01. The van der Waals surface area contributed by atoms with Gasteiger partial charge >= 0.3 is 5.97 Å². The predicted molar refractivity (Wildman–Crippen MR) is 89.3 cm³/mol. The molecule has 9 heteroatoms. The van der Waals surface area contributed by atoms with Gasteiger partial charge in [0.25, 0.3) is 5.91 Å². The van der Waals surface area contributed by atoms with Gasteiger partial charge < -0.3 is 9.84 Å². The van der Waals surface area contributed by atoms with E-state index in [1.54, 1.807) is 0 Å². The Balaban J connectivity index is 1.94. The summed E-state index contributed by atoms with van der Waals surface area (Å²) in [6.07, 6.45) is 0. The fraction of sp³-hybridized carbons (Fsp3) is 0.125. The zero-order valence-corrected chi connectivity index (χ0v) is 13.7. The maximum Gasteiger partial charge on any atom is 0.339 e. The van der Waals surface area contributed by atoms with Crippen LogP contribution in [0.5, 0.6) is 5.75 Å². The van der Waals surface area contributed by atoms with E-state index < -0.39 is 17.7 Å². The number of nitrogens with one attached hydrogen (secondary N) is 1. The molecule has 130 valence electrons. The molecule has 0 aliphatic carbocycles. The van der Waals surface area contributed by atoms with Crippen LogP contribution in [0.2, 0.25) is 5.02 Å². The van der Waals surface area contributed by atoms with Crippen LogP contribution in [0.1, 0.15) is 10.4 Å². The SMILES string of the molecule is COc1ccc(N2NN(c3c(F)cccc3Cl)CC2=O)cc1C(=O)O. The van der Waals surface area contributed by atoms with Gasteiger partial charge in [-0.25, -0.2) is 14.2 Å². The number of amides is 1. The predicted octanol–water partition coefficient (Wildman–Crippen LogP) is 2.46. The van der Waals surface area contributed by atoms with Crippen molar-refractivity contribution < 1.29 is 23.8 Å². The van der Waals surface area contributed by atoms with Gasteiger partial charge in [0, 0.05) is 0 Å². The summed E-state index contributed by atoms with van der Waals surface area (Å²) in [4.78, 5) is 23.6. The maximum atomic E-state index is 14.0. The molecule has 7 nitrogen and oxygen atoms in total. The van der Waals surface area contributed by atoms with Gasteiger partial charge in [0.15, 0.2) is 0 Å². The summed E-state index contributed by atoms with van der Waals surface area (Å²) in [6, 6.07) is 8.43. The van der Waals surface area contributed by atoms with E-state index in [0.717, 1.165) is 5.01 Å². The molecule has 0 spiro atoms. The lowest BCUT2D eigenvalue weighted by Gasteiger charge is -2.22. The van der Waals surface area contributed by atoms with E-state index in [1.807, 2.05) is 0 Å². The molecule has 1 amide bonds. The van der Waals surface area contributed by atoms with Crippen LogP contribution in [-0.2, 0) is 4.79 Å². The number of aromatic carboxylic acids is 1. The van der Waals surface area contributed by atoms with Crippen molar-refractivity contribution in [1.82, 2.24) is 5.53 Å². The van der Waals surface area contributed by atoms with E-state index in [2.05, 4.69) is 5.53 Å². The molecule has 0 aromatic heterocycles. The van der Waals surface area contributed by atoms with Crippen molar-refractivity contribution in [3.8, 4) is 5.75 Å². The molecule has 0 atom stereocenters. The summed E-state index contributed by atoms with van der Waals surface area (Å²) in [7, 11) is 1.35. The van der Waals surface area contributed by atoms with Gasteiger partial charge in [-0.15, -0.1) is 5.53 Å². The first-order chi connectivity index (χ1) is 11.9. The summed E-state index contributed by atoms with van der Waals surface area (Å²) in [5.74, 6) is -2.02. The van der Waals surface area contributed by atoms with Gasteiger partial charge in [-0.05, 0) is 30.3 Å². The van der Waals surface area contributed by atoms with Crippen molar-refractivity contribution in [1.29, 1.82) is 0 Å². The molecule has 25 heavy (non-hydrogen) atoms. The Labute approximate surface area is 147 Å². The Kier molecular flexibility index (Phi) is 4.47. The van der Waals surface area contributed by atoms with Gasteiger partial charge in [-0.2, -0.15) is 0 Å². The van der Waals surface area contributed by atoms with E-state index in [9.17, 15) is 19.1 Å². The highest BCUT2D eigenvalue weighted by molar-refractivity contribution is 6.33. The van der Waals surface area contributed by atoms with Gasteiger partial charge in [0.05, 0.1) is 17.8 Å². The number of hydrogen-bond acceptors (Lipinski definition) is 5. The third-order valence-electron chi connectivity index (χ3n) is 3.64. The second-order valence-corrected chi connectivity index (χ2v) is 5.58. The number of hydrazine groups is 2. The number of carboxylic acid groups (broad SMARTS) is 1. The lowest BCUT2D eigenvalue weighted by atomic mass is 10.1. The molecule has 0 unspecified atom stereocenters. The molecule has 1 aliphatic heterocycles. The first-order valence-electron chi connectivity index (χ1n) is 7.14. The van der Waals surface area contributed by atoms with E-state index in [-0.39, 0.29) is 34.3 Å². The van der Waals surface area contributed by atoms with Crippen molar-refractivity contribution >= 4 is 34.9 Å². The third kappa shape index (κ3) is 3.09. The lowest BCUT2D eigenvalue weighted by Crippen LogP contribution is -2.41. The molecular weight excluding hydrogens is 353 g/mol. The summed E-state index contributed by atoms with van der Waals surface area (Å²) in [5, 5.41) is 11.8. The molecule has 1 heterocycles. The smallest absolute Gasteiger partial charge is 0.339 e. The Hall–Kier alpha value is -2.84. The number of methoxy groups -OCH3 is 1. The molecule has 2 aromatic carbocycles. The quantitative estimate of drug-likeness (QED) is 0.866. The minimum absolute atomic E-state index is 0.0342. The highest BCUT2D eigenvalue weighted by atomic mass is 35.5. The molecule has 0 saturated carbocycles. The van der Waals surface area contributed by atoms with E-state index in [0.29, 0.717) is 0 Å². The third-order valence-corrected chi connectivity index (χ3v) is 3.95. The fourth-order valence-electron chi connectivity index (χ4n) is 2.50. The summed E-state index contributed by atoms with van der Waals surface area (Å²) in [6.45, 7) is -0.172. The number of nitrogens with zero attached hydrogens (tertiary/aromatic N) is 2. The topological polar surface area (TPSA) is 82.1 Å². The van der Waals surface area contributed by atoms with Crippen molar-refractivity contribution in [2.45, 2.75) is 0 Å². The van der Waals surface area contributed by atoms with Crippen molar-refractivity contribution in [2.24, 2.45) is 0 Å². The number of rotatable bonds is 4. The minimum atomic E-state index is -1.20. The fourth-order valence-corrected chi connectivity index (χ4v) is 2.76. The van der Waals surface area contributed by atoms with E-state index >= 15 is 0 Å². The molecule has 1 fully saturated rings. The van der Waals surface area contributed by atoms with Crippen molar-refractivity contribution in [3.05, 3.63) is 52.8 Å². The monoisotopic (exact) mass is 365 g/mol. The van der Waals surface area contributed by atoms with Crippen LogP contribution < -0.4 is 20.3 Å². The molecule has 2 aromatic rings. The summed E-state index contributed by atoms with van der Waals surface area (Å²) in [5.41, 5.74) is 2.93. The van der Waals surface area contributed by atoms with E-state index in [1.165, 1.54) is 48.5 Å². The molecule has 2 N–H and O–H groups in total. The molecule has 3 rings (SSSR count). The van der Waals surface area contributed by atoms with Crippen LogP contribution in [0.4, 0.5) is 15.8 Å². The van der Waals surface area contributed by atoms with Crippen LogP contribution in [0.3, 0.4) is 0 Å². The number of anilines is 2. The first kappa shape index (κ1) is 17.0. The number of ether oxygens (including phenoxy) is 1. The molecule has 1 saturated heterocycles. The van der Waals surface area contributed by atoms with Crippen LogP contribution in [0.25, 0.3) is 0 Å². The Morgan fingerprint density at radius 1 is 1.36 bits per heavy atom. The van der Waals surface area contributed by atoms with Crippen LogP contribution >= 0.6 is 11.6 Å². The Morgan fingerprint density at radius 3 is 2.76 bits per heavy atom. The van der Waals surface area contributed by atoms with Crippen molar-refractivity contribution in [3.63, 3.8) is 0 Å². The highest BCUT2D eigenvalue weighted by Gasteiger charge is 2.32. The largest absolute Gasteiger partial charge is 0.496 e. The van der Waals surface area contributed by atoms with Crippen LogP contribution in [0, 0.1) is 5.82 Å². The lowest BCUT2D eigenvalue weighted by molar-refractivity contribution is -0.116. The van der Waals surface area contributed by atoms with Crippen LogP contribution in [-0.4, -0.2) is 30.6 Å². The molecule has 0 bridgehead atoms. The summed E-state index contributed by atoms with van der Waals surface area (Å²) < 4.78 is 19.0. The Bertz CT molecular complexity index is 841. The standard InChI is InChI=1S/C16H13ClFN3O4/c1-25-13-6-5-9(7-10(13)16(23)24)21-14(22)8-20(19-21)15-11(17)3-2-4-12(15)18/h2-7,19H,8H2,1H3,(H,23,24). The van der Waals surface area contributed by atoms with E-state index in [4.69, 9.17) is 16.3 Å². The number of benzene rings is 2. The first-order valence-corrected chi connectivity index (χ1v) is 7.52. The van der Waals surface area contributed by atoms with Gasteiger partial charge in [0.1, 0.15) is 29.4 Å². The second kappa shape index (κ2) is 6.58.